The molecule has 1 heterocycles. The second-order valence-corrected chi connectivity index (χ2v) is 4.58. The first kappa shape index (κ1) is 14.0. The standard InChI is InChI=1S/C15H18N2O3/c1-10-5-6-12(16)8-14(10)20-11(2)15(18)17-9-13-4-3-7-19-13/h3-8,11H,9,16H2,1-2H3,(H,17,18). The maximum Gasteiger partial charge on any atom is 0.261 e. The van der Waals surface area contributed by atoms with Gasteiger partial charge in [-0.2, -0.15) is 0 Å². The molecular formula is C15H18N2O3. The third-order valence-corrected chi connectivity index (χ3v) is 2.90. The molecular weight excluding hydrogens is 256 g/mol. The lowest BCUT2D eigenvalue weighted by atomic mass is 10.2. The molecule has 1 atom stereocenters. The van der Waals surface area contributed by atoms with Gasteiger partial charge in [0.25, 0.3) is 5.91 Å². The number of hydrogen-bond acceptors (Lipinski definition) is 4. The Morgan fingerprint density at radius 2 is 2.25 bits per heavy atom. The number of nitrogens with two attached hydrogens (primary N) is 1. The Hall–Kier alpha value is -2.43. The molecule has 2 aromatic rings. The summed E-state index contributed by atoms with van der Waals surface area (Å²) in [4.78, 5) is 11.9. The van der Waals surface area contributed by atoms with Crippen LogP contribution in [0.15, 0.2) is 41.0 Å². The molecule has 0 fully saturated rings. The highest BCUT2D eigenvalue weighted by Crippen LogP contribution is 2.21. The van der Waals surface area contributed by atoms with E-state index < -0.39 is 6.10 Å². The zero-order valence-electron chi connectivity index (χ0n) is 11.6. The zero-order valence-corrected chi connectivity index (χ0v) is 11.6. The molecule has 0 aliphatic carbocycles. The van der Waals surface area contributed by atoms with Crippen molar-refractivity contribution in [3.05, 3.63) is 47.9 Å². The average molecular weight is 274 g/mol. The SMILES string of the molecule is Cc1ccc(N)cc1OC(C)C(=O)NCc1ccco1. The number of nitrogen functional groups attached to an aromatic ring is 1. The topological polar surface area (TPSA) is 77.5 Å². The molecule has 0 saturated heterocycles. The maximum absolute atomic E-state index is 11.9. The summed E-state index contributed by atoms with van der Waals surface area (Å²) in [6, 6.07) is 8.94. The van der Waals surface area contributed by atoms with E-state index in [0.717, 1.165) is 5.56 Å². The minimum absolute atomic E-state index is 0.205. The minimum Gasteiger partial charge on any atom is -0.481 e. The Balaban J connectivity index is 1.92. The van der Waals surface area contributed by atoms with Gasteiger partial charge in [-0.15, -0.1) is 0 Å². The van der Waals surface area contributed by atoms with Gasteiger partial charge < -0.3 is 20.2 Å². The second kappa shape index (κ2) is 6.14. The van der Waals surface area contributed by atoms with Crippen molar-refractivity contribution in [2.24, 2.45) is 0 Å². The fourth-order valence-corrected chi connectivity index (χ4v) is 1.72. The van der Waals surface area contributed by atoms with Crippen LogP contribution in [0.4, 0.5) is 5.69 Å². The molecule has 2 rings (SSSR count). The molecule has 1 unspecified atom stereocenters. The number of anilines is 1. The van der Waals surface area contributed by atoms with Crippen molar-refractivity contribution in [3.63, 3.8) is 0 Å². The van der Waals surface area contributed by atoms with Crippen molar-refractivity contribution in [3.8, 4) is 5.75 Å². The smallest absolute Gasteiger partial charge is 0.261 e. The van der Waals surface area contributed by atoms with Gasteiger partial charge in [0.15, 0.2) is 6.10 Å². The predicted octanol–water partition coefficient (Wildman–Crippen LogP) is 2.25. The summed E-state index contributed by atoms with van der Waals surface area (Å²) in [7, 11) is 0. The highest BCUT2D eigenvalue weighted by Gasteiger charge is 2.15. The highest BCUT2D eigenvalue weighted by molar-refractivity contribution is 5.80. The Kier molecular flexibility index (Phi) is 4.30. The van der Waals surface area contributed by atoms with Gasteiger partial charge in [0.05, 0.1) is 12.8 Å². The summed E-state index contributed by atoms with van der Waals surface area (Å²) in [5.74, 6) is 1.11. The fourth-order valence-electron chi connectivity index (χ4n) is 1.72. The first-order valence-electron chi connectivity index (χ1n) is 6.39. The molecule has 0 radical (unpaired) electrons. The van der Waals surface area contributed by atoms with Crippen LogP contribution in [0.2, 0.25) is 0 Å². The van der Waals surface area contributed by atoms with Gasteiger partial charge in [0, 0.05) is 11.8 Å². The maximum atomic E-state index is 11.9. The third kappa shape index (κ3) is 3.54. The first-order valence-corrected chi connectivity index (χ1v) is 6.39. The minimum atomic E-state index is -0.606. The van der Waals surface area contributed by atoms with Crippen LogP contribution < -0.4 is 15.8 Å². The van der Waals surface area contributed by atoms with Crippen molar-refractivity contribution >= 4 is 11.6 Å². The molecule has 1 aromatic carbocycles. The number of hydrogen-bond donors (Lipinski definition) is 2. The van der Waals surface area contributed by atoms with Gasteiger partial charge in [-0.05, 0) is 37.6 Å². The van der Waals surface area contributed by atoms with E-state index in [0.29, 0.717) is 23.7 Å². The summed E-state index contributed by atoms with van der Waals surface area (Å²) >= 11 is 0. The molecule has 5 nitrogen and oxygen atoms in total. The monoisotopic (exact) mass is 274 g/mol. The van der Waals surface area contributed by atoms with Gasteiger partial charge in [-0.1, -0.05) is 6.07 Å². The van der Waals surface area contributed by atoms with Gasteiger partial charge in [-0.25, -0.2) is 0 Å². The molecule has 106 valence electrons. The van der Waals surface area contributed by atoms with E-state index in [-0.39, 0.29) is 5.91 Å². The van der Waals surface area contributed by atoms with E-state index >= 15 is 0 Å². The summed E-state index contributed by atoms with van der Waals surface area (Å²) in [6.45, 7) is 3.94. The van der Waals surface area contributed by atoms with E-state index in [9.17, 15) is 4.79 Å². The number of ether oxygens (including phenoxy) is 1. The number of furan rings is 1. The number of rotatable bonds is 5. The van der Waals surface area contributed by atoms with Crippen molar-refractivity contribution in [1.29, 1.82) is 0 Å². The lowest BCUT2D eigenvalue weighted by Crippen LogP contribution is -2.35. The lowest BCUT2D eigenvalue weighted by molar-refractivity contribution is -0.127. The number of carbonyl (C=O) groups is 1. The Bertz CT molecular complexity index is 579. The molecule has 0 aliphatic heterocycles. The van der Waals surface area contributed by atoms with Gasteiger partial charge in [-0.3, -0.25) is 4.79 Å². The second-order valence-electron chi connectivity index (χ2n) is 4.58. The highest BCUT2D eigenvalue weighted by atomic mass is 16.5. The molecule has 5 heteroatoms. The number of benzene rings is 1. The first-order chi connectivity index (χ1) is 9.56. The number of aryl methyl sites for hydroxylation is 1. The zero-order chi connectivity index (χ0) is 14.5. The summed E-state index contributed by atoms with van der Waals surface area (Å²) in [6.07, 6.45) is 0.961. The molecule has 0 aliphatic rings. The molecule has 0 saturated carbocycles. The van der Waals surface area contributed by atoms with Crippen molar-refractivity contribution in [2.75, 3.05) is 5.73 Å². The summed E-state index contributed by atoms with van der Waals surface area (Å²) in [5, 5.41) is 2.75. The Morgan fingerprint density at radius 1 is 1.45 bits per heavy atom. The van der Waals surface area contributed by atoms with Crippen LogP contribution in [-0.4, -0.2) is 12.0 Å². The molecule has 1 amide bonds. The predicted molar refractivity (Wildman–Crippen MR) is 76.2 cm³/mol. The molecule has 1 aromatic heterocycles. The molecule has 0 spiro atoms. The van der Waals surface area contributed by atoms with Crippen LogP contribution in [-0.2, 0) is 11.3 Å². The van der Waals surface area contributed by atoms with Gasteiger partial charge in [0.1, 0.15) is 11.5 Å². The normalized spacial score (nSPS) is 11.9. The van der Waals surface area contributed by atoms with Crippen molar-refractivity contribution in [2.45, 2.75) is 26.5 Å². The van der Waals surface area contributed by atoms with Crippen LogP contribution in [0.1, 0.15) is 18.2 Å². The van der Waals surface area contributed by atoms with Crippen LogP contribution in [0, 0.1) is 6.92 Å². The van der Waals surface area contributed by atoms with Crippen molar-refractivity contribution < 1.29 is 13.9 Å². The molecule has 3 N–H and O–H groups in total. The number of amides is 1. The van der Waals surface area contributed by atoms with Gasteiger partial charge in [0.2, 0.25) is 0 Å². The number of nitrogens with one attached hydrogen (secondary N) is 1. The summed E-state index contributed by atoms with van der Waals surface area (Å²) < 4.78 is 10.8. The number of carbonyl (C=O) groups excluding carboxylic acids is 1. The largest absolute Gasteiger partial charge is 0.481 e. The van der Waals surface area contributed by atoms with Crippen molar-refractivity contribution in [1.82, 2.24) is 5.32 Å². The average Bonchev–Trinajstić information content (AvgIpc) is 2.93. The van der Waals surface area contributed by atoms with E-state index in [2.05, 4.69) is 5.32 Å². The van der Waals surface area contributed by atoms with E-state index in [1.165, 1.54) is 0 Å². The Labute approximate surface area is 117 Å². The van der Waals surface area contributed by atoms with Gasteiger partial charge >= 0.3 is 0 Å². The third-order valence-electron chi connectivity index (χ3n) is 2.90. The Morgan fingerprint density at radius 3 is 2.95 bits per heavy atom. The quantitative estimate of drug-likeness (QED) is 0.820. The summed E-state index contributed by atoms with van der Waals surface area (Å²) in [5.41, 5.74) is 7.25. The van der Waals surface area contributed by atoms with Crippen LogP contribution >= 0.6 is 0 Å². The van der Waals surface area contributed by atoms with Crippen LogP contribution in [0.25, 0.3) is 0 Å². The van der Waals surface area contributed by atoms with E-state index in [4.69, 9.17) is 14.9 Å². The van der Waals surface area contributed by atoms with E-state index in [1.807, 2.05) is 13.0 Å². The van der Waals surface area contributed by atoms with E-state index in [1.54, 1.807) is 37.5 Å². The van der Waals surface area contributed by atoms with Crippen LogP contribution in [0.5, 0.6) is 5.75 Å². The molecule has 0 bridgehead atoms. The fraction of sp³-hybridized carbons (Fsp3) is 0.267. The van der Waals surface area contributed by atoms with Crippen LogP contribution in [0.3, 0.4) is 0 Å². The lowest BCUT2D eigenvalue weighted by Gasteiger charge is -2.16. The molecule has 20 heavy (non-hydrogen) atoms.